The third-order valence-corrected chi connectivity index (χ3v) is 5.96. The van der Waals surface area contributed by atoms with E-state index < -0.39 is 8.87 Å². The Hall–Kier alpha value is -1.74. The molecule has 21 heavy (non-hydrogen) atoms. The molecule has 0 saturated heterocycles. The minimum Gasteiger partial charge on any atom is -0.733 e. The molecule has 0 atom stereocenters. The normalized spacial score (nSPS) is 11.2. The SMILES string of the molecule is COc1ccccc1S(=O)(=O)Sc1ccccc1N([O-])O. The van der Waals surface area contributed by atoms with Crippen molar-refractivity contribution in [3.05, 3.63) is 53.7 Å². The van der Waals surface area contributed by atoms with Gasteiger partial charge in [0.05, 0.1) is 12.8 Å². The first-order valence-electron chi connectivity index (χ1n) is 5.78. The lowest BCUT2D eigenvalue weighted by atomic mass is 10.3. The first-order valence-corrected chi connectivity index (χ1v) is 8.60. The van der Waals surface area contributed by atoms with E-state index in [0.29, 0.717) is 10.8 Å². The summed E-state index contributed by atoms with van der Waals surface area (Å²) >= 11 is 0. The maximum atomic E-state index is 12.4. The number of benzene rings is 2. The van der Waals surface area contributed by atoms with Crippen LogP contribution < -0.4 is 9.96 Å². The summed E-state index contributed by atoms with van der Waals surface area (Å²) in [4.78, 5) is 0.128. The van der Waals surface area contributed by atoms with E-state index in [1.807, 2.05) is 0 Å². The first kappa shape index (κ1) is 15.6. The molecule has 0 radical (unpaired) electrons. The number of rotatable bonds is 5. The molecule has 112 valence electrons. The van der Waals surface area contributed by atoms with Crippen LogP contribution >= 0.6 is 10.8 Å². The Morgan fingerprint density at radius 2 is 1.76 bits per heavy atom. The summed E-state index contributed by atoms with van der Waals surface area (Å²) in [5, 5.41) is 19.7. The predicted octanol–water partition coefficient (Wildman–Crippen LogP) is 2.87. The second-order valence-electron chi connectivity index (χ2n) is 3.93. The Morgan fingerprint density at radius 3 is 2.43 bits per heavy atom. The molecule has 6 nitrogen and oxygen atoms in total. The molecular formula is C13H12NO5S2-. The van der Waals surface area contributed by atoms with Gasteiger partial charge in [-0.3, -0.25) is 5.21 Å². The molecule has 8 heteroatoms. The molecule has 2 aromatic carbocycles. The zero-order valence-corrected chi connectivity index (χ0v) is 12.6. The Morgan fingerprint density at radius 1 is 1.14 bits per heavy atom. The molecule has 0 bridgehead atoms. The monoisotopic (exact) mass is 326 g/mol. The van der Waals surface area contributed by atoms with Gasteiger partial charge in [0, 0.05) is 15.7 Å². The van der Waals surface area contributed by atoms with Crippen LogP contribution in [0, 0.1) is 5.21 Å². The van der Waals surface area contributed by atoms with Crippen molar-refractivity contribution in [2.75, 3.05) is 12.3 Å². The highest BCUT2D eigenvalue weighted by Gasteiger charge is 2.22. The Labute approximate surface area is 125 Å². The van der Waals surface area contributed by atoms with Crippen molar-refractivity contribution in [2.45, 2.75) is 9.79 Å². The maximum Gasteiger partial charge on any atom is 0.238 e. The van der Waals surface area contributed by atoms with Crippen LogP contribution in [0.2, 0.25) is 0 Å². The maximum absolute atomic E-state index is 12.4. The van der Waals surface area contributed by atoms with Crippen LogP contribution in [-0.2, 0) is 8.87 Å². The number of hydrogen-bond acceptors (Lipinski definition) is 7. The average Bonchev–Trinajstić information content (AvgIpc) is 2.47. The van der Waals surface area contributed by atoms with Gasteiger partial charge in [0.2, 0.25) is 8.87 Å². The fraction of sp³-hybridized carbons (Fsp3) is 0.0769. The van der Waals surface area contributed by atoms with Crippen molar-refractivity contribution < 1.29 is 18.4 Å². The van der Waals surface area contributed by atoms with Crippen LogP contribution in [-0.4, -0.2) is 20.7 Å². The average molecular weight is 326 g/mol. The van der Waals surface area contributed by atoms with Gasteiger partial charge in [-0.25, -0.2) is 8.42 Å². The third-order valence-electron chi connectivity index (χ3n) is 2.61. The van der Waals surface area contributed by atoms with Crippen molar-refractivity contribution in [2.24, 2.45) is 0 Å². The number of anilines is 1. The van der Waals surface area contributed by atoms with Crippen LogP contribution in [0.15, 0.2) is 58.3 Å². The first-order chi connectivity index (χ1) is 9.95. The van der Waals surface area contributed by atoms with Crippen LogP contribution in [0.3, 0.4) is 0 Å². The van der Waals surface area contributed by atoms with Crippen LogP contribution in [0.5, 0.6) is 5.75 Å². The lowest BCUT2D eigenvalue weighted by Gasteiger charge is -2.23. The van der Waals surface area contributed by atoms with Gasteiger partial charge in [0.25, 0.3) is 0 Å². The molecule has 0 unspecified atom stereocenters. The van der Waals surface area contributed by atoms with Crippen molar-refractivity contribution in [3.63, 3.8) is 0 Å². The van der Waals surface area contributed by atoms with E-state index in [9.17, 15) is 13.6 Å². The molecule has 1 N–H and O–H groups in total. The molecule has 0 aliphatic carbocycles. The predicted molar refractivity (Wildman–Crippen MR) is 80.1 cm³/mol. The number of methoxy groups -OCH3 is 1. The lowest BCUT2D eigenvalue weighted by molar-refractivity contribution is 0.294. The second kappa shape index (κ2) is 6.35. The zero-order valence-electron chi connectivity index (χ0n) is 11.0. The van der Waals surface area contributed by atoms with Crippen molar-refractivity contribution >= 4 is 25.4 Å². The van der Waals surface area contributed by atoms with Crippen LogP contribution in [0.1, 0.15) is 0 Å². The highest BCUT2D eigenvalue weighted by molar-refractivity contribution is 8.72. The van der Waals surface area contributed by atoms with E-state index in [2.05, 4.69) is 0 Å². The van der Waals surface area contributed by atoms with E-state index in [0.717, 1.165) is 0 Å². The fourth-order valence-corrected chi connectivity index (χ4v) is 4.82. The molecule has 0 saturated carbocycles. The molecule has 0 aliphatic heterocycles. The summed E-state index contributed by atoms with van der Waals surface area (Å²) in [6.45, 7) is 0. The van der Waals surface area contributed by atoms with Gasteiger partial charge >= 0.3 is 0 Å². The zero-order chi connectivity index (χ0) is 15.5. The second-order valence-corrected chi connectivity index (χ2v) is 7.70. The van der Waals surface area contributed by atoms with Crippen LogP contribution in [0.25, 0.3) is 0 Å². The molecule has 2 aromatic rings. The highest BCUT2D eigenvalue weighted by atomic mass is 33.1. The molecule has 0 aliphatic rings. The summed E-state index contributed by atoms with van der Waals surface area (Å²) < 4.78 is 29.9. The summed E-state index contributed by atoms with van der Waals surface area (Å²) in [7, 11) is -1.95. The number of ether oxygens (including phenoxy) is 1. The largest absolute Gasteiger partial charge is 0.733 e. The summed E-state index contributed by atoms with van der Waals surface area (Å²) in [5.41, 5.74) is -0.138. The van der Waals surface area contributed by atoms with E-state index >= 15 is 0 Å². The molecule has 0 amide bonds. The molecule has 0 fully saturated rings. The lowest BCUT2D eigenvalue weighted by Crippen LogP contribution is -2.08. The topological polar surface area (TPSA) is 89.9 Å². The quantitative estimate of drug-likeness (QED) is 0.667. The van der Waals surface area contributed by atoms with E-state index in [1.165, 1.54) is 37.4 Å². The highest BCUT2D eigenvalue weighted by Crippen LogP contribution is 2.39. The van der Waals surface area contributed by atoms with E-state index in [1.54, 1.807) is 18.2 Å². The van der Waals surface area contributed by atoms with Crippen LogP contribution in [0.4, 0.5) is 5.69 Å². The minimum absolute atomic E-state index is 0.00249. The third kappa shape index (κ3) is 3.48. The van der Waals surface area contributed by atoms with Crippen molar-refractivity contribution in [3.8, 4) is 5.75 Å². The smallest absolute Gasteiger partial charge is 0.238 e. The molecular weight excluding hydrogens is 314 g/mol. The summed E-state index contributed by atoms with van der Waals surface area (Å²) in [6.07, 6.45) is 0. The van der Waals surface area contributed by atoms with Crippen molar-refractivity contribution in [1.29, 1.82) is 0 Å². The fourth-order valence-electron chi connectivity index (χ4n) is 1.67. The minimum atomic E-state index is -3.80. The number of nitrogens with zero attached hydrogens (tertiary/aromatic N) is 1. The van der Waals surface area contributed by atoms with Gasteiger partial charge in [0.15, 0.2) is 0 Å². The molecule has 0 spiro atoms. The van der Waals surface area contributed by atoms with Crippen molar-refractivity contribution in [1.82, 2.24) is 0 Å². The van der Waals surface area contributed by atoms with Gasteiger partial charge in [-0.15, -0.1) is 0 Å². The molecule has 0 heterocycles. The van der Waals surface area contributed by atoms with Gasteiger partial charge in [-0.1, -0.05) is 24.3 Å². The van der Waals surface area contributed by atoms with Gasteiger partial charge in [-0.2, -0.15) is 0 Å². The van der Waals surface area contributed by atoms with Gasteiger partial charge in [0.1, 0.15) is 10.6 Å². The van der Waals surface area contributed by atoms with E-state index in [4.69, 9.17) is 9.94 Å². The summed E-state index contributed by atoms with van der Waals surface area (Å²) in [6, 6.07) is 12.0. The van der Waals surface area contributed by atoms with E-state index in [-0.39, 0.29) is 26.5 Å². The summed E-state index contributed by atoms with van der Waals surface area (Å²) in [5.74, 6) is 0.213. The number of para-hydroxylation sites is 2. The molecule has 2 rings (SSSR count). The number of hydrogen-bond donors (Lipinski definition) is 1. The van der Waals surface area contributed by atoms with Gasteiger partial charge < -0.3 is 15.2 Å². The Balaban J connectivity index is 2.43. The van der Waals surface area contributed by atoms with Gasteiger partial charge in [-0.05, 0) is 24.3 Å². The Kier molecular flexibility index (Phi) is 4.73. The standard InChI is InChI=1S/C13H12NO5S2/c1-19-11-7-3-5-9-13(11)21(17,18)20-12-8-4-2-6-10(12)14(15)16/h2-9,15H,1H3/q-1. The Bertz CT molecular complexity index is 731. The molecule has 0 aromatic heterocycles.